The Morgan fingerprint density at radius 1 is 1.00 bits per heavy atom. The average molecular weight is 296 g/mol. The molecule has 1 spiro atoms. The molecule has 0 radical (unpaired) electrons. The maximum Gasteiger partial charge on any atom is 0.0730 e. The second kappa shape index (κ2) is 6.17. The highest BCUT2D eigenvalue weighted by Crippen LogP contribution is 2.49. The summed E-state index contributed by atoms with van der Waals surface area (Å²) in [6, 6.07) is 0. The zero-order valence-corrected chi connectivity index (χ0v) is 13.8. The Balaban J connectivity index is 1.77. The second-order valence-corrected chi connectivity index (χ2v) is 7.92. The van der Waals surface area contributed by atoms with Crippen molar-refractivity contribution in [3.05, 3.63) is 0 Å². The molecule has 3 aliphatic rings. The smallest absolute Gasteiger partial charge is 0.0730 e. The van der Waals surface area contributed by atoms with Gasteiger partial charge in [-0.2, -0.15) is 0 Å². The number of ether oxygens (including phenoxy) is 2. The predicted octanol–water partition coefficient (Wildman–Crippen LogP) is 3.54. The van der Waals surface area contributed by atoms with Crippen molar-refractivity contribution in [1.29, 1.82) is 0 Å². The molecule has 2 heterocycles. The molecule has 1 aliphatic carbocycles. The zero-order chi connectivity index (χ0) is 14.9. The van der Waals surface area contributed by atoms with Crippen molar-refractivity contribution in [2.24, 2.45) is 17.8 Å². The van der Waals surface area contributed by atoms with Crippen LogP contribution in [0.25, 0.3) is 0 Å². The van der Waals surface area contributed by atoms with Gasteiger partial charge in [0.05, 0.1) is 11.2 Å². The van der Waals surface area contributed by atoms with Crippen LogP contribution in [0.5, 0.6) is 0 Å². The number of hydrogen-bond acceptors (Lipinski definition) is 3. The van der Waals surface area contributed by atoms with E-state index in [1.807, 2.05) is 0 Å². The van der Waals surface area contributed by atoms with Crippen LogP contribution in [0.4, 0.5) is 0 Å². The van der Waals surface area contributed by atoms with Crippen molar-refractivity contribution < 1.29 is 14.6 Å². The van der Waals surface area contributed by atoms with Crippen molar-refractivity contribution in [3.8, 4) is 0 Å². The van der Waals surface area contributed by atoms with Crippen LogP contribution in [0, 0.1) is 17.8 Å². The molecule has 3 atom stereocenters. The fraction of sp³-hybridized carbons (Fsp3) is 1.00. The molecule has 21 heavy (non-hydrogen) atoms. The minimum atomic E-state index is -0.457. The van der Waals surface area contributed by atoms with E-state index in [4.69, 9.17) is 9.47 Å². The monoisotopic (exact) mass is 296 g/mol. The lowest BCUT2D eigenvalue weighted by Gasteiger charge is -2.53. The third kappa shape index (κ3) is 3.02. The van der Waals surface area contributed by atoms with Crippen molar-refractivity contribution in [2.45, 2.75) is 76.4 Å². The summed E-state index contributed by atoms with van der Waals surface area (Å²) in [6.07, 6.45) is 8.74. The summed E-state index contributed by atoms with van der Waals surface area (Å²) in [5.41, 5.74) is -0.461. The minimum Gasteiger partial charge on any atom is -0.389 e. The number of hydrogen-bond donors (Lipinski definition) is 1. The maximum atomic E-state index is 11.6. The first kappa shape index (κ1) is 15.8. The van der Waals surface area contributed by atoms with Crippen LogP contribution in [0.3, 0.4) is 0 Å². The van der Waals surface area contributed by atoms with E-state index in [-0.39, 0.29) is 5.60 Å². The van der Waals surface area contributed by atoms with Crippen LogP contribution in [0.15, 0.2) is 0 Å². The number of rotatable bonds is 2. The van der Waals surface area contributed by atoms with Gasteiger partial charge in [0.25, 0.3) is 0 Å². The SMILES string of the molecule is CC(C)C1CCCCC1(O)C1CCOC2(CCOCC2)C1. The first-order valence-corrected chi connectivity index (χ1v) is 9.00. The Morgan fingerprint density at radius 3 is 2.48 bits per heavy atom. The van der Waals surface area contributed by atoms with E-state index in [0.29, 0.717) is 17.8 Å². The van der Waals surface area contributed by atoms with Gasteiger partial charge in [0.15, 0.2) is 0 Å². The fourth-order valence-electron chi connectivity index (χ4n) is 5.17. The van der Waals surface area contributed by atoms with E-state index in [2.05, 4.69) is 13.8 Å². The summed E-state index contributed by atoms with van der Waals surface area (Å²) in [4.78, 5) is 0. The van der Waals surface area contributed by atoms with Gasteiger partial charge in [-0.05, 0) is 56.3 Å². The van der Waals surface area contributed by atoms with Gasteiger partial charge < -0.3 is 14.6 Å². The molecule has 2 saturated heterocycles. The van der Waals surface area contributed by atoms with Crippen LogP contribution >= 0.6 is 0 Å². The highest BCUT2D eigenvalue weighted by atomic mass is 16.5. The van der Waals surface area contributed by atoms with Crippen LogP contribution in [-0.2, 0) is 9.47 Å². The highest BCUT2D eigenvalue weighted by molar-refractivity contribution is 5.01. The predicted molar refractivity (Wildman–Crippen MR) is 83.2 cm³/mol. The average Bonchev–Trinajstić information content (AvgIpc) is 2.48. The molecule has 0 aromatic heterocycles. The maximum absolute atomic E-state index is 11.6. The highest BCUT2D eigenvalue weighted by Gasteiger charge is 2.51. The summed E-state index contributed by atoms with van der Waals surface area (Å²) < 4.78 is 11.7. The Hall–Kier alpha value is -0.120. The summed E-state index contributed by atoms with van der Waals surface area (Å²) in [7, 11) is 0. The molecule has 3 unspecified atom stereocenters. The van der Waals surface area contributed by atoms with Gasteiger partial charge in [0.1, 0.15) is 0 Å². The fourth-order valence-corrected chi connectivity index (χ4v) is 5.17. The summed E-state index contributed by atoms with van der Waals surface area (Å²) >= 11 is 0. The minimum absolute atomic E-state index is 0.00409. The van der Waals surface area contributed by atoms with Gasteiger partial charge in [-0.15, -0.1) is 0 Å². The molecule has 3 fully saturated rings. The van der Waals surface area contributed by atoms with E-state index >= 15 is 0 Å². The standard InChI is InChI=1S/C18H32O3/c1-14(2)16-5-3-4-7-18(16,19)15-6-10-21-17(13-15)8-11-20-12-9-17/h14-16,19H,3-13H2,1-2H3. The first-order valence-electron chi connectivity index (χ1n) is 9.00. The van der Waals surface area contributed by atoms with E-state index in [1.165, 1.54) is 19.3 Å². The molecule has 3 nitrogen and oxygen atoms in total. The molecule has 0 aromatic rings. The molecule has 1 saturated carbocycles. The first-order chi connectivity index (χ1) is 10.1. The molecule has 2 aliphatic heterocycles. The number of aliphatic hydroxyl groups is 1. The topological polar surface area (TPSA) is 38.7 Å². The van der Waals surface area contributed by atoms with E-state index in [0.717, 1.165) is 51.9 Å². The van der Waals surface area contributed by atoms with E-state index in [1.54, 1.807) is 0 Å². The summed E-state index contributed by atoms with van der Waals surface area (Å²) in [5.74, 6) is 1.45. The van der Waals surface area contributed by atoms with Crippen molar-refractivity contribution in [1.82, 2.24) is 0 Å². The van der Waals surface area contributed by atoms with Gasteiger partial charge in [0, 0.05) is 19.8 Å². The van der Waals surface area contributed by atoms with E-state index in [9.17, 15) is 5.11 Å². The quantitative estimate of drug-likeness (QED) is 0.847. The lowest BCUT2D eigenvalue weighted by molar-refractivity contribution is -0.196. The largest absolute Gasteiger partial charge is 0.389 e. The molecule has 0 aromatic carbocycles. The lowest BCUT2D eigenvalue weighted by atomic mass is 9.61. The van der Waals surface area contributed by atoms with Gasteiger partial charge in [-0.1, -0.05) is 26.7 Å². The third-order valence-corrected chi connectivity index (χ3v) is 6.39. The van der Waals surface area contributed by atoms with Crippen LogP contribution in [-0.4, -0.2) is 36.1 Å². The Bertz CT molecular complexity index is 343. The van der Waals surface area contributed by atoms with Gasteiger partial charge in [0.2, 0.25) is 0 Å². The van der Waals surface area contributed by atoms with Gasteiger partial charge >= 0.3 is 0 Å². The van der Waals surface area contributed by atoms with Crippen molar-refractivity contribution >= 4 is 0 Å². The molecular weight excluding hydrogens is 264 g/mol. The molecule has 0 bridgehead atoms. The van der Waals surface area contributed by atoms with Crippen LogP contribution in [0.2, 0.25) is 0 Å². The van der Waals surface area contributed by atoms with Crippen LogP contribution in [0.1, 0.15) is 65.2 Å². The summed E-state index contributed by atoms with van der Waals surface area (Å²) in [6.45, 7) is 7.02. The van der Waals surface area contributed by atoms with Crippen LogP contribution < -0.4 is 0 Å². The van der Waals surface area contributed by atoms with Gasteiger partial charge in [-0.25, -0.2) is 0 Å². The molecule has 122 valence electrons. The second-order valence-electron chi connectivity index (χ2n) is 7.92. The lowest BCUT2D eigenvalue weighted by Crippen LogP contribution is -2.55. The molecule has 3 heteroatoms. The van der Waals surface area contributed by atoms with Crippen molar-refractivity contribution in [2.75, 3.05) is 19.8 Å². The Labute approximate surface area is 129 Å². The van der Waals surface area contributed by atoms with Crippen molar-refractivity contribution in [3.63, 3.8) is 0 Å². The molecule has 3 rings (SSSR count). The Kier molecular flexibility index (Phi) is 4.63. The molecule has 1 N–H and O–H groups in total. The molecular formula is C18H32O3. The zero-order valence-electron chi connectivity index (χ0n) is 13.8. The van der Waals surface area contributed by atoms with Gasteiger partial charge in [-0.3, -0.25) is 0 Å². The normalized spacial score (nSPS) is 40.6. The third-order valence-electron chi connectivity index (χ3n) is 6.39. The molecule has 0 amide bonds. The Morgan fingerprint density at radius 2 is 1.76 bits per heavy atom. The van der Waals surface area contributed by atoms with E-state index < -0.39 is 5.60 Å². The summed E-state index contributed by atoms with van der Waals surface area (Å²) in [5, 5.41) is 11.6.